The van der Waals surface area contributed by atoms with E-state index in [1.807, 2.05) is 6.20 Å². The number of hydrogen-bond donors (Lipinski definition) is 1. The smallest absolute Gasteiger partial charge is 0.225 e. The third-order valence-electron chi connectivity index (χ3n) is 5.76. The van der Waals surface area contributed by atoms with E-state index in [0.717, 1.165) is 43.1 Å². The molecule has 0 bridgehead atoms. The molecule has 0 amide bonds. The van der Waals surface area contributed by atoms with E-state index < -0.39 is 0 Å². The van der Waals surface area contributed by atoms with E-state index >= 15 is 0 Å². The van der Waals surface area contributed by atoms with E-state index in [1.54, 1.807) is 19.2 Å². The lowest BCUT2D eigenvalue weighted by molar-refractivity contribution is 0.122. The van der Waals surface area contributed by atoms with Crippen molar-refractivity contribution in [2.24, 2.45) is 5.41 Å². The van der Waals surface area contributed by atoms with Gasteiger partial charge in [-0.15, -0.1) is 0 Å². The minimum Gasteiger partial charge on any atom is -0.497 e. The van der Waals surface area contributed by atoms with E-state index in [4.69, 9.17) is 14.5 Å². The van der Waals surface area contributed by atoms with Crippen molar-refractivity contribution in [2.45, 2.75) is 39.3 Å². The van der Waals surface area contributed by atoms with E-state index in [2.05, 4.69) is 29.0 Å². The van der Waals surface area contributed by atoms with Crippen LogP contribution in [-0.4, -0.2) is 43.4 Å². The summed E-state index contributed by atoms with van der Waals surface area (Å²) in [5.41, 5.74) is 2.95. The van der Waals surface area contributed by atoms with Gasteiger partial charge in [0.15, 0.2) is 0 Å². The van der Waals surface area contributed by atoms with Gasteiger partial charge in [0.1, 0.15) is 11.6 Å². The number of aromatic nitrogens is 2. The van der Waals surface area contributed by atoms with Crippen LogP contribution in [0.2, 0.25) is 0 Å². The summed E-state index contributed by atoms with van der Waals surface area (Å²) in [6.45, 7) is 8.03. The summed E-state index contributed by atoms with van der Waals surface area (Å²) >= 11 is 0. The number of halogens is 1. The number of methoxy groups -OCH3 is 1. The second kappa shape index (κ2) is 8.24. The highest BCUT2D eigenvalue weighted by molar-refractivity contribution is 5.37. The van der Waals surface area contributed by atoms with Crippen LogP contribution in [0.4, 0.5) is 10.3 Å². The Labute approximate surface area is 171 Å². The van der Waals surface area contributed by atoms with Crippen molar-refractivity contribution in [2.75, 3.05) is 38.3 Å². The molecule has 1 aromatic carbocycles. The largest absolute Gasteiger partial charge is 0.497 e. The van der Waals surface area contributed by atoms with Crippen molar-refractivity contribution in [3.05, 3.63) is 47.0 Å². The van der Waals surface area contributed by atoms with Crippen LogP contribution in [-0.2, 0) is 17.7 Å². The molecule has 1 atom stereocenters. The first-order valence-electron chi connectivity index (χ1n) is 10.2. The fourth-order valence-corrected chi connectivity index (χ4v) is 4.17. The van der Waals surface area contributed by atoms with Crippen molar-refractivity contribution >= 4 is 5.95 Å². The van der Waals surface area contributed by atoms with Crippen molar-refractivity contribution in [1.82, 2.24) is 15.3 Å². The summed E-state index contributed by atoms with van der Waals surface area (Å²) in [6.07, 6.45) is 3.82. The number of nitrogens with one attached hydrogen (secondary N) is 1. The van der Waals surface area contributed by atoms with Gasteiger partial charge in [0, 0.05) is 49.1 Å². The van der Waals surface area contributed by atoms with Crippen LogP contribution in [0.5, 0.6) is 5.75 Å². The molecule has 0 spiro atoms. The normalized spacial score (nSPS) is 21.0. The maximum Gasteiger partial charge on any atom is 0.225 e. The molecule has 29 heavy (non-hydrogen) atoms. The molecule has 1 fully saturated rings. The van der Waals surface area contributed by atoms with Crippen LogP contribution in [0.1, 0.15) is 43.1 Å². The van der Waals surface area contributed by atoms with Crippen molar-refractivity contribution in [3.8, 4) is 5.75 Å². The van der Waals surface area contributed by atoms with Gasteiger partial charge < -0.3 is 19.7 Å². The Hall–Kier alpha value is -2.25. The van der Waals surface area contributed by atoms with Gasteiger partial charge in [0.2, 0.25) is 5.95 Å². The van der Waals surface area contributed by atoms with Crippen LogP contribution in [0.15, 0.2) is 24.4 Å². The van der Waals surface area contributed by atoms with E-state index in [-0.39, 0.29) is 17.3 Å². The molecule has 2 heterocycles. The van der Waals surface area contributed by atoms with E-state index in [1.165, 1.54) is 6.07 Å². The molecular weight excluding hydrogens is 371 g/mol. The van der Waals surface area contributed by atoms with Gasteiger partial charge in [-0.05, 0) is 24.3 Å². The fraction of sp³-hybridized carbons (Fsp3) is 0.545. The predicted molar refractivity (Wildman–Crippen MR) is 110 cm³/mol. The van der Waals surface area contributed by atoms with Crippen molar-refractivity contribution in [3.63, 3.8) is 0 Å². The van der Waals surface area contributed by atoms with Gasteiger partial charge in [-0.2, -0.15) is 0 Å². The molecule has 1 aromatic heterocycles. The first kappa shape index (κ1) is 20.0. The van der Waals surface area contributed by atoms with Crippen LogP contribution in [0, 0.1) is 11.2 Å². The molecule has 1 saturated heterocycles. The van der Waals surface area contributed by atoms with Gasteiger partial charge in [0.25, 0.3) is 0 Å². The van der Waals surface area contributed by atoms with Gasteiger partial charge in [-0.25, -0.2) is 14.4 Å². The summed E-state index contributed by atoms with van der Waals surface area (Å²) in [5, 5.41) is 3.53. The molecule has 1 aliphatic carbocycles. The number of morpholine rings is 1. The van der Waals surface area contributed by atoms with E-state index in [0.29, 0.717) is 31.1 Å². The zero-order valence-corrected chi connectivity index (χ0v) is 17.4. The number of ether oxygens (including phenoxy) is 2. The number of nitrogens with zero attached hydrogens (tertiary/aromatic N) is 3. The molecule has 0 radical (unpaired) electrons. The quantitative estimate of drug-likeness (QED) is 0.831. The number of fused-ring (bicyclic) bond motifs is 1. The monoisotopic (exact) mass is 400 g/mol. The second-order valence-corrected chi connectivity index (χ2v) is 8.61. The molecular formula is C22H29FN4O2. The summed E-state index contributed by atoms with van der Waals surface area (Å²) in [7, 11) is 1.54. The highest BCUT2D eigenvalue weighted by Gasteiger charge is 2.34. The number of benzene rings is 1. The molecule has 0 saturated carbocycles. The van der Waals surface area contributed by atoms with Crippen LogP contribution >= 0.6 is 0 Å². The first-order chi connectivity index (χ1) is 13.9. The SMILES string of the molecule is COc1ccc(CN[C@@H]2CC(C)(C)Cc3nc(N4CCOCC4)ncc32)c(F)c1. The maximum absolute atomic E-state index is 14.3. The van der Waals surface area contributed by atoms with Gasteiger partial charge in [-0.1, -0.05) is 19.9 Å². The molecule has 6 nitrogen and oxygen atoms in total. The van der Waals surface area contributed by atoms with Crippen LogP contribution in [0.3, 0.4) is 0 Å². The van der Waals surface area contributed by atoms with Gasteiger partial charge >= 0.3 is 0 Å². The molecule has 2 aliphatic rings. The zero-order valence-electron chi connectivity index (χ0n) is 17.4. The van der Waals surface area contributed by atoms with Crippen molar-refractivity contribution < 1.29 is 13.9 Å². The highest BCUT2D eigenvalue weighted by atomic mass is 19.1. The Balaban J connectivity index is 1.54. The highest BCUT2D eigenvalue weighted by Crippen LogP contribution is 2.40. The van der Waals surface area contributed by atoms with Crippen LogP contribution in [0.25, 0.3) is 0 Å². The Bertz CT molecular complexity index is 868. The Kier molecular flexibility index (Phi) is 5.69. The lowest BCUT2D eigenvalue weighted by Crippen LogP contribution is -2.39. The molecule has 1 aliphatic heterocycles. The number of anilines is 1. The molecule has 2 aromatic rings. The Morgan fingerprint density at radius 3 is 2.83 bits per heavy atom. The zero-order chi connectivity index (χ0) is 20.4. The second-order valence-electron chi connectivity index (χ2n) is 8.61. The first-order valence-corrected chi connectivity index (χ1v) is 10.2. The third-order valence-corrected chi connectivity index (χ3v) is 5.76. The lowest BCUT2D eigenvalue weighted by atomic mass is 9.74. The molecule has 4 rings (SSSR count). The van der Waals surface area contributed by atoms with Crippen LogP contribution < -0.4 is 15.0 Å². The maximum atomic E-state index is 14.3. The molecule has 7 heteroatoms. The summed E-state index contributed by atoms with van der Waals surface area (Å²) < 4.78 is 24.9. The molecule has 0 unspecified atom stereocenters. The average Bonchev–Trinajstić information content (AvgIpc) is 2.72. The molecule has 1 N–H and O–H groups in total. The summed E-state index contributed by atoms with van der Waals surface area (Å²) in [5.74, 6) is 1.05. The minimum absolute atomic E-state index is 0.0917. The lowest BCUT2D eigenvalue weighted by Gasteiger charge is -2.37. The van der Waals surface area contributed by atoms with E-state index in [9.17, 15) is 4.39 Å². The minimum atomic E-state index is -0.258. The summed E-state index contributed by atoms with van der Waals surface area (Å²) in [4.78, 5) is 11.7. The number of hydrogen-bond acceptors (Lipinski definition) is 6. The standard InChI is InChI=1S/C22H29FN4O2/c1-22(2)11-19(24-13-15-4-5-16(28-3)10-18(15)23)17-14-25-21(26-20(17)12-22)27-6-8-29-9-7-27/h4-5,10,14,19,24H,6-9,11-13H2,1-3H3/t19-/m1/s1. The topological polar surface area (TPSA) is 59.5 Å². The Morgan fingerprint density at radius 1 is 1.31 bits per heavy atom. The Morgan fingerprint density at radius 2 is 2.10 bits per heavy atom. The van der Waals surface area contributed by atoms with Crippen molar-refractivity contribution in [1.29, 1.82) is 0 Å². The number of rotatable bonds is 5. The van der Waals surface area contributed by atoms with Gasteiger partial charge in [-0.3, -0.25) is 0 Å². The molecule has 156 valence electrons. The van der Waals surface area contributed by atoms with Gasteiger partial charge in [0.05, 0.1) is 26.0 Å². The predicted octanol–water partition coefficient (Wildman–Crippen LogP) is 3.26. The third kappa shape index (κ3) is 4.51. The summed E-state index contributed by atoms with van der Waals surface area (Å²) in [6, 6.07) is 5.08. The fourth-order valence-electron chi connectivity index (χ4n) is 4.17. The average molecular weight is 400 g/mol.